The van der Waals surface area contributed by atoms with E-state index in [1.165, 1.54) is 7.11 Å². The zero-order chi connectivity index (χ0) is 9.84. The average molecular weight is 264 g/mol. The fourth-order valence-electron chi connectivity index (χ4n) is 0.943. The molecule has 72 valence electrons. The maximum absolute atomic E-state index is 10.9. The molecule has 3 nitrogen and oxygen atoms in total. The second kappa shape index (κ2) is 4.74. The standard InChI is InChI=1S/C8H10BrNO2S/c1-12-7(11)4-6(10)5-2-3-13-8(5)9/h2-3,6H,4,10H2,1H3/t6-/m0/s1. The molecule has 0 aromatic carbocycles. The van der Waals surface area contributed by atoms with Crippen molar-refractivity contribution in [2.75, 3.05) is 7.11 Å². The molecule has 1 heterocycles. The molecule has 0 saturated heterocycles. The van der Waals surface area contributed by atoms with Crippen molar-refractivity contribution in [1.29, 1.82) is 0 Å². The molecule has 0 bridgehead atoms. The minimum Gasteiger partial charge on any atom is -0.469 e. The predicted molar refractivity (Wildman–Crippen MR) is 55.6 cm³/mol. The van der Waals surface area contributed by atoms with Crippen LogP contribution in [0.2, 0.25) is 0 Å². The zero-order valence-corrected chi connectivity index (χ0v) is 9.52. The van der Waals surface area contributed by atoms with Gasteiger partial charge in [-0.2, -0.15) is 0 Å². The van der Waals surface area contributed by atoms with Gasteiger partial charge in [0.2, 0.25) is 0 Å². The Morgan fingerprint density at radius 1 is 1.85 bits per heavy atom. The molecule has 1 aromatic rings. The van der Waals surface area contributed by atoms with Crippen LogP contribution < -0.4 is 5.73 Å². The first-order chi connectivity index (χ1) is 6.15. The topological polar surface area (TPSA) is 52.3 Å². The minimum atomic E-state index is -0.286. The van der Waals surface area contributed by atoms with Gasteiger partial charge in [-0.3, -0.25) is 4.79 Å². The summed E-state index contributed by atoms with van der Waals surface area (Å²) >= 11 is 4.92. The highest BCUT2D eigenvalue weighted by molar-refractivity contribution is 9.11. The van der Waals surface area contributed by atoms with Crippen molar-refractivity contribution in [2.24, 2.45) is 5.73 Å². The first-order valence-electron chi connectivity index (χ1n) is 3.70. The van der Waals surface area contributed by atoms with E-state index in [1.807, 2.05) is 11.4 Å². The number of methoxy groups -OCH3 is 1. The van der Waals surface area contributed by atoms with Crippen LogP contribution in [0.1, 0.15) is 18.0 Å². The van der Waals surface area contributed by atoms with Gasteiger partial charge < -0.3 is 10.5 Å². The number of esters is 1. The van der Waals surface area contributed by atoms with Gasteiger partial charge in [-0.1, -0.05) is 0 Å². The molecule has 0 radical (unpaired) electrons. The highest BCUT2D eigenvalue weighted by Crippen LogP contribution is 2.29. The summed E-state index contributed by atoms with van der Waals surface area (Å²) in [6, 6.07) is 1.62. The number of hydrogen-bond acceptors (Lipinski definition) is 4. The highest BCUT2D eigenvalue weighted by atomic mass is 79.9. The predicted octanol–water partition coefficient (Wildman–Crippen LogP) is 2.07. The van der Waals surface area contributed by atoms with E-state index < -0.39 is 0 Å². The van der Waals surface area contributed by atoms with Crippen LogP contribution in [0, 0.1) is 0 Å². The number of carbonyl (C=O) groups is 1. The number of carbonyl (C=O) groups excluding carboxylic acids is 1. The summed E-state index contributed by atoms with van der Waals surface area (Å²) < 4.78 is 5.50. The Hall–Kier alpha value is -0.390. The normalized spacial score (nSPS) is 12.5. The van der Waals surface area contributed by atoms with E-state index in [0.717, 1.165) is 9.35 Å². The lowest BCUT2D eigenvalue weighted by Crippen LogP contribution is -2.15. The Kier molecular flexibility index (Phi) is 3.90. The Labute approximate surface area is 89.0 Å². The monoisotopic (exact) mass is 263 g/mol. The minimum absolute atomic E-state index is 0.214. The fourth-order valence-corrected chi connectivity index (χ4v) is 2.38. The van der Waals surface area contributed by atoms with Gasteiger partial charge >= 0.3 is 5.97 Å². The Balaban J connectivity index is 2.63. The van der Waals surface area contributed by atoms with Crippen molar-refractivity contribution in [3.8, 4) is 0 Å². The first kappa shape index (κ1) is 10.7. The Bertz CT molecular complexity index is 300. The van der Waals surface area contributed by atoms with E-state index in [0.29, 0.717) is 0 Å². The van der Waals surface area contributed by atoms with Crippen molar-refractivity contribution in [1.82, 2.24) is 0 Å². The van der Waals surface area contributed by atoms with E-state index in [9.17, 15) is 4.79 Å². The highest BCUT2D eigenvalue weighted by Gasteiger charge is 2.14. The van der Waals surface area contributed by atoms with Gasteiger partial charge in [-0.25, -0.2) is 0 Å². The molecule has 0 aliphatic heterocycles. The van der Waals surface area contributed by atoms with E-state index in [1.54, 1.807) is 11.3 Å². The largest absolute Gasteiger partial charge is 0.469 e. The van der Waals surface area contributed by atoms with Crippen LogP contribution in [-0.2, 0) is 9.53 Å². The van der Waals surface area contributed by atoms with Gasteiger partial charge in [-0.15, -0.1) is 11.3 Å². The van der Waals surface area contributed by atoms with Gasteiger partial charge in [0, 0.05) is 6.04 Å². The van der Waals surface area contributed by atoms with Gasteiger partial charge in [0.05, 0.1) is 17.3 Å². The molecule has 0 spiro atoms. The van der Waals surface area contributed by atoms with E-state index in [-0.39, 0.29) is 18.4 Å². The second-order valence-corrected chi connectivity index (χ2v) is 4.77. The second-order valence-electron chi connectivity index (χ2n) is 2.54. The quantitative estimate of drug-likeness (QED) is 0.850. The summed E-state index contributed by atoms with van der Waals surface area (Å²) in [5.74, 6) is -0.286. The molecule has 2 N–H and O–H groups in total. The van der Waals surface area contributed by atoms with Crippen LogP contribution in [0.25, 0.3) is 0 Å². The molecule has 0 amide bonds. The molecule has 0 unspecified atom stereocenters. The molecule has 5 heteroatoms. The molecule has 0 saturated carbocycles. The summed E-state index contributed by atoms with van der Waals surface area (Å²) in [7, 11) is 1.36. The number of hydrogen-bond donors (Lipinski definition) is 1. The molecule has 1 rings (SSSR count). The van der Waals surface area contributed by atoms with E-state index in [4.69, 9.17) is 5.73 Å². The molecule has 1 atom stereocenters. The number of thiophene rings is 1. The van der Waals surface area contributed by atoms with Crippen LogP contribution in [0.15, 0.2) is 15.2 Å². The van der Waals surface area contributed by atoms with Crippen LogP contribution >= 0.6 is 27.3 Å². The summed E-state index contributed by atoms with van der Waals surface area (Å²) in [6.45, 7) is 0. The van der Waals surface area contributed by atoms with Crippen molar-refractivity contribution in [2.45, 2.75) is 12.5 Å². The molecular weight excluding hydrogens is 254 g/mol. The van der Waals surface area contributed by atoms with E-state index in [2.05, 4.69) is 20.7 Å². The third-order valence-corrected chi connectivity index (χ3v) is 3.39. The van der Waals surface area contributed by atoms with E-state index >= 15 is 0 Å². The van der Waals surface area contributed by atoms with Crippen LogP contribution in [-0.4, -0.2) is 13.1 Å². The van der Waals surface area contributed by atoms with Crippen LogP contribution in [0.5, 0.6) is 0 Å². The van der Waals surface area contributed by atoms with Gasteiger partial charge in [0.15, 0.2) is 0 Å². The summed E-state index contributed by atoms with van der Waals surface area (Å²) in [4.78, 5) is 10.9. The summed E-state index contributed by atoms with van der Waals surface area (Å²) in [5.41, 5.74) is 6.75. The van der Waals surface area contributed by atoms with Crippen LogP contribution in [0.4, 0.5) is 0 Å². The maximum atomic E-state index is 10.9. The zero-order valence-electron chi connectivity index (χ0n) is 7.12. The third-order valence-electron chi connectivity index (χ3n) is 1.66. The smallest absolute Gasteiger partial charge is 0.307 e. The van der Waals surface area contributed by atoms with Crippen LogP contribution in [0.3, 0.4) is 0 Å². The molecule has 0 fully saturated rings. The van der Waals surface area contributed by atoms with Crippen molar-refractivity contribution < 1.29 is 9.53 Å². The van der Waals surface area contributed by atoms with Gasteiger partial charge in [0.25, 0.3) is 0 Å². The fraction of sp³-hybridized carbons (Fsp3) is 0.375. The lowest BCUT2D eigenvalue weighted by atomic mass is 10.1. The number of halogens is 1. The summed E-state index contributed by atoms with van der Waals surface area (Å²) in [5, 5.41) is 1.93. The molecule has 1 aromatic heterocycles. The number of rotatable bonds is 3. The lowest BCUT2D eigenvalue weighted by Gasteiger charge is -2.08. The SMILES string of the molecule is COC(=O)C[C@H](N)c1ccsc1Br. The van der Waals surface area contributed by atoms with Crippen molar-refractivity contribution in [3.63, 3.8) is 0 Å². The molecule has 13 heavy (non-hydrogen) atoms. The molecular formula is C8H10BrNO2S. The van der Waals surface area contributed by atoms with Gasteiger partial charge in [0.1, 0.15) is 0 Å². The maximum Gasteiger partial charge on any atom is 0.307 e. The first-order valence-corrected chi connectivity index (χ1v) is 5.37. The van der Waals surface area contributed by atoms with Crippen molar-refractivity contribution in [3.05, 3.63) is 20.8 Å². The number of nitrogens with two attached hydrogens (primary N) is 1. The Morgan fingerprint density at radius 2 is 2.54 bits per heavy atom. The average Bonchev–Trinajstić information content (AvgIpc) is 2.51. The van der Waals surface area contributed by atoms with Gasteiger partial charge in [-0.05, 0) is 32.9 Å². The number of ether oxygens (including phenoxy) is 1. The summed E-state index contributed by atoms with van der Waals surface area (Å²) in [6.07, 6.45) is 0.214. The lowest BCUT2D eigenvalue weighted by molar-refractivity contribution is -0.141. The Morgan fingerprint density at radius 3 is 3.00 bits per heavy atom. The van der Waals surface area contributed by atoms with Crippen molar-refractivity contribution >= 4 is 33.2 Å². The molecule has 0 aliphatic carbocycles. The molecule has 0 aliphatic rings. The third kappa shape index (κ3) is 2.79.